The summed E-state index contributed by atoms with van der Waals surface area (Å²) >= 11 is 0. The molecule has 0 radical (unpaired) electrons. The predicted octanol–water partition coefficient (Wildman–Crippen LogP) is 3.43. The molecule has 1 aliphatic rings. The molecular weight excluding hydrogens is 303 g/mol. The molecule has 0 N–H and O–H groups in total. The second kappa shape index (κ2) is 6.04. The van der Waals surface area contributed by atoms with E-state index in [2.05, 4.69) is 11.1 Å². The molecule has 0 aromatic carbocycles. The molecule has 0 amide bonds. The Morgan fingerprint density at radius 2 is 2.42 bits per heavy atom. The molecule has 6 nitrogen and oxygen atoms in total. The van der Waals surface area contributed by atoms with E-state index in [1.165, 1.54) is 0 Å². The lowest BCUT2D eigenvalue weighted by atomic mass is 9.41. The topological polar surface area (TPSA) is 76.3 Å². The van der Waals surface area contributed by atoms with E-state index in [0.717, 1.165) is 47.9 Å². The van der Waals surface area contributed by atoms with Gasteiger partial charge in [0.05, 0.1) is 31.5 Å². The van der Waals surface area contributed by atoms with E-state index in [-0.39, 0.29) is 12.6 Å². The highest BCUT2D eigenvalue weighted by atomic mass is 16.5. The summed E-state index contributed by atoms with van der Waals surface area (Å²) in [6, 6.07) is 3.84. The lowest BCUT2D eigenvalue weighted by Gasteiger charge is -2.23. The summed E-state index contributed by atoms with van der Waals surface area (Å²) in [5.41, 5.74) is 3.58. The van der Waals surface area contributed by atoms with Gasteiger partial charge in [0, 0.05) is 23.2 Å². The molecule has 0 spiro atoms. The molecule has 3 aromatic heterocycles. The number of hydrogen-bond donors (Lipinski definition) is 0. The van der Waals surface area contributed by atoms with Crippen molar-refractivity contribution in [3.8, 4) is 23.0 Å². The highest BCUT2D eigenvalue weighted by Gasteiger charge is 2.28. The van der Waals surface area contributed by atoms with Crippen LogP contribution in [0.25, 0.3) is 16.8 Å². The van der Waals surface area contributed by atoms with Gasteiger partial charge >= 0.3 is 0 Å². The van der Waals surface area contributed by atoms with E-state index in [9.17, 15) is 5.26 Å². The maximum Gasteiger partial charge on any atom is 0.268 e. The van der Waals surface area contributed by atoms with E-state index in [1.54, 1.807) is 30.3 Å². The highest BCUT2D eigenvalue weighted by molar-refractivity contribution is 6.67. The van der Waals surface area contributed by atoms with E-state index in [0.29, 0.717) is 5.88 Å². The van der Waals surface area contributed by atoms with Crippen LogP contribution in [-0.2, 0) is 0 Å². The van der Waals surface area contributed by atoms with Crippen LogP contribution in [0.4, 0.5) is 0 Å². The standard InChI is InChI=1S/C17H17BN4O2/c1-23-16-7-15(12-3-2-5-18(8-12)11-19)21-17-14(9-20-22(16)17)13-4-6-24-10-13/h4,6-7,9-10,12H,2-3,5,8H2,1H3. The second-order valence-electron chi connectivity index (χ2n) is 6.22. The van der Waals surface area contributed by atoms with E-state index < -0.39 is 0 Å². The minimum Gasteiger partial charge on any atom is -0.481 e. The van der Waals surface area contributed by atoms with E-state index in [4.69, 9.17) is 14.1 Å². The number of furan rings is 1. The van der Waals surface area contributed by atoms with Crippen molar-refractivity contribution < 1.29 is 9.15 Å². The van der Waals surface area contributed by atoms with Crippen molar-refractivity contribution in [1.82, 2.24) is 14.6 Å². The van der Waals surface area contributed by atoms with Crippen LogP contribution in [0.5, 0.6) is 5.88 Å². The molecule has 1 atom stereocenters. The van der Waals surface area contributed by atoms with Crippen molar-refractivity contribution >= 4 is 12.4 Å². The van der Waals surface area contributed by atoms with Crippen LogP contribution in [0.1, 0.15) is 24.5 Å². The monoisotopic (exact) mass is 320 g/mol. The van der Waals surface area contributed by atoms with Crippen LogP contribution < -0.4 is 4.74 Å². The van der Waals surface area contributed by atoms with E-state index >= 15 is 0 Å². The third-order valence-electron chi connectivity index (χ3n) is 4.78. The van der Waals surface area contributed by atoms with Crippen molar-refractivity contribution in [3.63, 3.8) is 0 Å². The molecule has 0 aliphatic carbocycles. The van der Waals surface area contributed by atoms with Crippen LogP contribution in [-0.4, -0.2) is 28.4 Å². The highest BCUT2D eigenvalue weighted by Crippen LogP contribution is 2.35. The first-order valence-corrected chi connectivity index (χ1v) is 8.15. The summed E-state index contributed by atoms with van der Waals surface area (Å²) < 4.78 is 12.4. The Hall–Kier alpha value is -2.75. The van der Waals surface area contributed by atoms with Gasteiger partial charge in [0.25, 0.3) is 6.71 Å². The van der Waals surface area contributed by atoms with Gasteiger partial charge in [-0.1, -0.05) is 19.1 Å². The van der Waals surface area contributed by atoms with Crippen LogP contribution in [0.2, 0.25) is 12.6 Å². The third-order valence-corrected chi connectivity index (χ3v) is 4.78. The summed E-state index contributed by atoms with van der Waals surface area (Å²) in [6.07, 6.45) is 9.06. The third kappa shape index (κ3) is 2.44. The van der Waals surface area contributed by atoms with E-state index in [1.807, 2.05) is 12.1 Å². The maximum absolute atomic E-state index is 9.24. The van der Waals surface area contributed by atoms with Gasteiger partial charge in [-0.3, -0.25) is 0 Å². The first kappa shape index (κ1) is 14.8. The molecule has 1 aliphatic heterocycles. The largest absolute Gasteiger partial charge is 0.481 e. The fourth-order valence-electron chi connectivity index (χ4n) is 3.50. The second-order valence-corrected chi connectivity index (χ2v) is 6.22. The van der Waals surface area contributed by atoms with Crippen molar-refractivity contribution in [2.75, 3.05) is 7.11 Å². The smallest absolute Gasteiger partial charge is 0.268 e. The van der Waals surface area contributed by atoms with Crippen molar-refractivity contribution in [3.05, 3.63) is 36.5 Å². The lowest BCUT2D eigenvalue weighted by Crippen LogP contribution is -2.21. The summed E-state index contributed by atoms with van der Waals surface area (Å²) in [5.74, 6) is 3.35. The molecule has 1 saturated heterocycles. The molecule has 120 valence electrons. The van der Waals surface area contributed by atoms with Crippen molar-refractivity contribution in [1.29, 1.82) is 5.26 Å². The normalized spacial score (nSPS) is 17.8. The number of methoxy groups -OCH3 is 1. The Morgan fingerprint density at radius 1 is 1.50 bits per heavy atom. The van der Waals surface area contributed by atoms with Gasteiger partial charge in [-0.2, -0.15) is 9.61 Å². The Morgan fingerprint density at radius 3 is 3.17 bits per heavy atom. The number of nitriles is 1. The van der Waals surface area contributed by atoms with Crippen molar-refractivity contribution in [2.45, 2.75) is 31.4 Å². The Labute approximate surface area is 140 Å². The number of aromatic nitrogens is 3. The minimum atomic E-state index is 0.117. The van der Waals surface area contributed by atoms with Gasteiger partial charge in [-0.25, -0.2) is 10.2 Å². The average molecular weight is 320 g/mol. The number of ether oxygens (including phenoxy) is 1. The molecule has 4 heterocycles. The molecule has 3 aromatic rings. The molecule has 0 saturated carbocycles. The minimum absolute atomic E-state index is 0.117. The first-order valence-electron chi connectivity index (χ1n) is 8.15. The summed E-state index contributed by atoms with van der Waals surface area (Å²) in [6.45, 7) is 0.117. The number of rotatable bonds is 3. The van der Waals surface area contributed by atoms with Gasteiger partial charge in [-0.05, 0) is 18.4 Å². The lowest BCUT2D eigenvalue weighted by molar-refractivity contribution is 0.383. The quantitative estimate of drug-likeness (QED) is 0.691. The molecular formula is C17H17BN4O2. The Balaban J connectivity index is 1.82. The maximum atomic E-state index is 9.24. The zero-order valence-electron chi connectivity index (χ0n) is 13.5. The SMILES string of the molecule is COc1cc(C2CCCB(C#N)C2)nc2c(-c3ccoc3)cnn12. The fraction of sp³-hybridized carbons (Fsp3) is 0.353. The zero-order chi connectivity index (χ0) is 16.5. The number of nitrogens with zero attached hydrogens (tertiary/aromatic N) is 4. The summed E-state index contributed by atoms with van der Waals surface area (Å²) in [5, 5.41) is 13.6. The van der Waals surface area contributed by atoms with Crippen LogP contribution in [0.3, 0.4) is 0 Å². The van der Waals surface area contributed by atoms with Crippen LogP contribution >= 0.6 is 0 Å². The van der Waals surface area contributed by atoms with Crippen LogP contribution in [0, 0.1) is 11.2 Å². The summed E-state index contributed by atoms with van der Waals surface area (Å²) in [7, 11) is 1.64. The number of fused-ring (bicyclic) bond motifs is 1. The van der Waals surface area contributed by atoms with Gasteiger partial charge in [0.2, 0.25) is 5.88 Å². The molecule has 0 bridgehead atoms. The molecule has 1 unspecified atom stereocenters. The molecule has 24 heavy (non-hydrogen) atoms. The summed E-state index contributed by atoms with van der Waals surface area (Å²) in [4.78, 5) is 4.86. The van der Waals surface area contributed by atoms with Gasteiger partial charge in [0.15, 0.2) is 5.65 Å². The molecule has 1 fully saturated rings. The number of hydrogen-bond acceptors (Lipinski definition) is 5. The molecule has 7 heteroatoms. The predicted molar refractivity (Wildman–Crippen MR) is 90.2 cm³/mol. The van der Waals surface area contributed by atoms with Crippen molar-refractivity contribution in [2.24, 2.45) is 0 Å². The molecule has 4 rings (SSSR count). The van der Waals surface area contributed by atoms with Gasteiger partial charge < -0.3 is 9.15 Å². The first-order chi connectivity index (χ1) is 11.8. The Bertz CT molecular complexity index is 897. The fourth-order valence-corrected chi connectivity index (χ4v) is 3.50. The average Bonchev–Trinajstić information content (AvgIpc) is 3.30. The van der Waals surface area contributed by atoms with Gasteiger partial charge in [-0.15, -0.1) is 0 Å². The van der Waals surface area contributed by atoms with Crippen LogP contribution in [0.15, 0.2) is 35.3 Å². The Kier molecular flexibility index (Phi) is 3.73. The van der Waals surface area contributed by atoms with Gasteiger partial charge in [0.1, 0.15) is 0 Å². The zero-order valence-corrected chi connectivity index (χ0v) is 13.5.